The largest absolute Gasteiger partial charge is 0.383 e. The second-order valence-corrected chi connectivity index (χ2v) is 8.55. The highest BCUT2D eigenvalue weighted by Crippen LogP contribution is 2.22. The van der Waals surface area contributed by atoms with Gasteiger partial charge in [0, 0.05) is 43.0 Å². The summed E-state index contributed by atoms with van der Waals surface area (Å²) in [5.74, 6) is 0.0165. The molecule has 0 saturated heterocycles. The Hall–Kier alpha value is -3.97. The van der Waals surface area contributed by atoms with E-state index in [9.17, 15) is 4.79 Å². The number of fused-ring (bicyclic) bond motifs is 1. The predicted octanol–water partition coefficient (Wildman–Crippen LogP) is 3.53. The Kier molecular flexibility index (Phi) is 7.34. The van der Waals surface area contributed by atoms with Crippen LogP contribution in [0.1, 0.15) is 38.2 Å². The van der Waals surface area contributed by atoms with Crippen LogP contribution in [0.3, 0.4) is 0 Å². The van der Waals surface area contributed by atoms with Crippen molar-refractivity contribution in [1.29, 1.82) is 5.41 Å². The number of amides is 1. The highest BCUT2D eigenvalue weighted by atomic mass is 16.1. The lowest BCUT2D eigenvalue weighted by molar-refractivity contribution is 0.0951. The van der Waals surface area contributed by atoms with E-state index in [-0.39, 0.29) is 11.7 Å². The van der Waals surface area contributed by atoms with Crippen molar-refractivity contribution in [3.63, 3.8) is 0 Å². The van der Waals surface area contributed by atoms with E-state index in [0.717, 1.165) is 42.7 Å². The molecule has 0 bridgehead atoms. The van der Waals surface area contributed by atoms with Crippen LogP contribution in [0.15, 0.2) is 71.7 Å². The number of benzene rings is 3. The van der Waals surface area contributed by atoms with Crippen LogP contribution < -0.4 is 16.4 Å². The Labute approximate surface area is 200 Å². The summed E-state index contributed by atoms with van der Waals surface area (Å²) in [6.07, 6.45) is 1.99. The molecule has 3 aromatic rings. The first-order valence-corrected chi connectivity index (χ1v) is 11.3. The molecule has 1 amide bonds. The lowest BCUT2D eigenvalue weighted by atomic mass is 9.99. The van der Waals surface area contributed by atoms with Gasteiger partial charge in [-0.2, -0.15) is 0 Å². The fraction of sp³-hybridized carbons (Fsp3) is 0.222. The molecule has 1 aliphatic rings. The average molecular weight is 455 g/mol. The van der Waals surface area contributed by atoms with E-state index in [1.54, 1.807) is 24.3 Å². The van der Waals surface area contributed by atoms with Crippen molar-refractivity contribution in [1.82, 2.24) is 10.2 Å². The van der Waals surface area contributed by atoms with Crippen LogP contribution >= 0.6 is 0 Å². The number of carbonyl (C=O) groups excluding carboxylic acids is 1. The number of nitrogens with zero attached hydrogens (tertiary/aromatic N) is 2. The average Bonchev–Trinajstić information content (AvgIpc) is 2.86. The monoisotopic (exact) mass is 454 g/mol. The number of anilines is 1. The van der Waals surface area contributed by atoms with E-state index in [2.05, 4.69) is 57.9 Å². The molecule has 0 saturated carbocycles. The Morgan fingerprint density at radius 2 is 1.79 bits per heavy atom. The third kappa shape index (κ3) is 5.88. The van der Waals surface area contributed by atoms with Gasteiger partial charge in [-0.25, -0.2) is 4.99 Å². The Balaban J connectivity index is 1.35. The minimum absolute atomic E-state index is 0.188. The molecule has 3 aromatic carbocycles. The first kappa shape index (κ1) is 23.2. The number of amidine groups is 1. The molecular weight excluding hydrogens is 424 g/mol. The van der Waals surface area contributed by atoms with Crippen molar-refractivity contribution in [3.05, 3.63) is 100 Å². The summed E-state index contributed by atoms with van der Waals surface area (Å²) in [7, 11) is 2.16. The van der Waals surface area contributed by atoms with Gasteiger partial charge < -0.3 is 21.3 Å². The molecule has 0 aromatic heterocycles. The van der Waals surface area contributed by atoms with Crippen molar-refractivity contribution in [2.75, 3.05) is 18.9 Å². The molecule has 174 valence electrons. The topological polar surface area (TPSA) is 107 Å². The van der Waals surface area contributed by atoms with Crippen LogP contribution in [-0.4, -0.2) is 36.6 Å². The van der Waals surface area contributed by atoms with E-state index in [1.165, 1.54) is 11.1 Å². The molecular formula is C27H30N6O. The van der Waals surface area contributed by atoms with Gasteiger partial charge in [-0.3, -0.25) is 10.2 Å². The number of aliphatic imine (C=N–C) groups is 1. The van der Waals surface area contributed by atoms with Crippen molar-refractivity contribution < 1.29 is 4.79 Å². The van der Waals surface area contributed by atoms with Gasteiger partial charge >= 0.3 is 0 Å². The van der Waals surface area contributed by atoms with Gasteiger partial charge in [-0.05, 0) is 60.0 Å². The summed E-state index contributed by atoms with van der Waals surface area (Å²) in [6, 6.07) is 21.8. The quantitative estimate of drug-likeness (QED) is 0.309. The molecule has 0 aliphatic carbocycles. The molecule has 1 heterocycles. The Morgan fingerprint density at radius 1 is 1.03 bits per heavy atom. The van der Waals surface area contributed by atoms with Crippen LogP contribution in [0, 0.1) is 5.41 Å². The highest BCUT2D eigenvalue weighted by molar-refractivity contribution is 6.03. The molecule has 0 unspecified atom stereocenters. The number of rotatable bonds is 8. The van der Waals surface area contributed by atoms with E-state index in [1.807, 2.05) is 12.1 Å². The van der Waals surface area contributed by atoms with Crippen LogP contribution in [-0.2, 0) is 26.1 Å². The van der Waals surface area contributed by atoms with Crippen molar-refractivity contribution in [3.8, 4) is 0 Å². The second-order valence-electron chi connectivity index (χ2n) is 8.55. The number of nitrogens with one attached hydrogen (secondary N) is 3. The number of nitrogens with two attached hydrogens (primary N) is 1. The maximum Gasteiger partial charge on any atom is 0.251 e. The summed E-state index contributed by atoms with van der Waals surface area (Å²) in [5, 5.41) is 13.5. The van der Waals surface area contributed by atoms with E-state index in [4.69, 9.17) is 11.1 Å². The van der Waals surface area contributed by atoms with Crippen LogP contribution in [0.5, 0.6) is 0 Å². The lowest BCUT2D eigenvalue weighted by Gasteiger charge is -2.25. The summed E-state index contributed by atoms with van der Waals surface area (Å²) < 4.78 is 0. The molecule has 34 heavy (non-hydrogen) atoms. The number of likely N-dealkylation sites (N-methyl/N-ethyl adjacent to an activating group) is 1. The summed E-state index contributed by atoms with van der Waals surface area (Å²) >= 11 is 0. The third-order valence-corrected chi connectivity index (χ3v) is 5.97. The number of carbonyl (C=O) groups is 1. The number of hydrogen-bond acceptors (Lipinski definition) is 4. The summed E-state index contributed by atoms with van der Waals surface area (Å²) in [5.41, 5.74) is 13.1. The van der Waals surface area contributed by atoms with Gasteiger partial charge in [0.15, 0.2) is 0 Å². The molecule has 7 heteroatoms. The molecule has 0 spiro atoms. The van der Waals surface area contributed by atoms with Crippen LogP contribution in [0.4, 0.5) is 5.69 Å². The minimum atomic E-state index is -0.188. The molecule has 4 rings (SSSR count). The first-order valence-electron chi connectivity index (χ1n) is 11.3. The number of hydrogen-bond donors (Lipinski definition) is 4. The van der Waals surface area contributed by atoms with E-state index >= 15 is 0 Å². The minimum Gasteiger partial charge on any atom is -0.383 e. The standard InChI is InChI=1S/C27H30N6O/c1-33-11-10-21-8-9-25(14-24(21)17-33)30-15-19-4-2-5-20(12-19)16-31-27(34)23-7-3-6-22(13-23)26(29)32-18-28/h2-9,12-14,18,30H,10-11,15-17H2,1H3,(H,31,34)(H3,28,29,32). The zero-order valence-corrected chi connectivity index (χ0v) is 19.3. The molecule has 7 nitrogen and oxygen atoms in total. The van der Waals surface area contributed by atoms with Gasteiger partial charge in [0.2, 0.25) is 0 Å². The smallest absolute Gasteiger partial charge is 0.251 e. The molecule has 0 fully saturated rings. The third-order valence-electron chi connectivity index (χ3n) is 5.97. The molecule has 5 N–H and O–H groups in total. The van der Waals surface area contributed by atoms with Crippen molar-refractivity contribution >= 4 is 23.8 Å². The highest BCUT2D eigenvalue weighted by Gasteiger charge is 2.13. The van der Waals surface area contributed by atoms with Crippen molar-refractivity contribution in [2.45, 2.75) is 26.1 Å². The summed E-state index contributed by atoms with van der Waals surface area (Å²) in [4.78, 5) is 18.7. The predicted molar refractivity (Wildman–Crippen MR) is 137 cm³/mol. The normalized spacial score (nSPS) is 13.7. The van der Waals surface area contributed by atoms with Gasteiger partial charge in [0.1, 0.15) is 12.2 Å². The Bertz CT molecular complexity index is 1220. The van der Waals surface area contributed by atoms with Crippen LogP contribution in [0.25, 0.3) is 0 Å². The molecule has 0 radical (unpaired) electrons. The van der Waals surface area contributed by atoms with Gasteiger partial charge in [0.25, 0.3) is 5.91 Å². The SMILES string of the molecule is CN1CCc2ccc(NCc3cccc(CNC(=O)c4cccc(C(N)=NC=N)c4)c3)cc2C1. The zero-order chi connectivity index (χ0) is 23.9. The zero-order valence-electron chi connectivity index (χ0n) is 19.3. The van der Waals surface area contributed by atoms with Crippen molar-refractivity contribution in [2.24, 2.45) is 10.7 Å². The van der Waals surface area contributed by atoms with Gasteiger partial charge in [0.05, 0.1) is 0 Å². The second kappa shape index (κ2) is 10.8. The summed E-state index contributed by atoms with van der Waals surface area (Å²) in [6.45, 7) is 3.24. The van der Waals surface area contributed by atoms with Crippen LogP contribution in [0.2, 0.25) is 0 Å². The Morgan fingerprint density at radius 3 is 2.62 bits per heavy atom. The van der Waals surface area contributed by atoms with E-state index in [0.29, 0.717) is 24.2 Å². The van der Waals surface area contributed by atoms with Gasteiger partial charge in [-0.15, -0.1) is 0 Å². The first-order chi connectivity index (χ1) is 16.5. The lowest BCUT2D eigenvalue weighted by Crippen LogP contribution is -2.26. The molecule has 0 atom stereocenters. The van der Waals surface area contributed by atoms with Gasteiger partial charge in [-0.1, -0.05) is 42.5 Å². The fourth-order valence-electron chi connectivity index (χ4n) is 4.11. The maximum absolute atomic E-state index is 12.6. The fourth-order valence-corrected chi connectivity index (χ4v) is 4.11. The maximum atomic E-state index is 12.6. The van der Waals surface area contributed by atoms with E-state index < -0.39 is 0 Å². The molecule has 1 aliphatic heterocycles.